The van der Waals surface area contributed by atoms with Crippen molar-refractivity contribution >= 4 is 10.8 Å². The summed E-state index contributed by atoms with van der Waals surface area (Å²) < 4.78 is 6.74. The Labute approximate surface area is 105 Å². The second kappa shape index (κ2) is 4.82. The molecule has 1 aliphatic heterocycles. The Morgan fingerprint density at radius 2 is 2.11 bits per heavy atom. The maximum Gasteiger partial charge on any atom is 0.290 e. The fourth-order valence-electron chi connectivity index (χ4n) is 2.18. The number of hydrogen-bond donors (Lipinski definition) is 0. The van der Waals surface area contributed by atoms with Crippen LogP contribution in [0.4, 0.5) is 0 Å². The smallest absolute Gasteiger partial charge is 0.290 e. The van der Waals surface area contributed by atoms with Crippen LogP contribution in [0.25, 0.3) is 10.8 Å². The molecule has 18 heavy (non-hydrogen) atoms. The Hall–Kier alpha value is -1.81. The summed E-state index contributed by atoms with van der Waals surface area (Å²) in [7, 11) is 0. The lowest BCUT2D eigenvalue weighted by Gasteiger charge is -2.23. The number of nitrogens with zero attached hydrogens (tertiary/aromatic N) is 1. The van der Waals surface area contributed by atoms with Gasteiger partial charge in [-0.05, 0) is 30.4 Å². The van der Waals surface area contributed by atoms with Crippen molar-refractivity contribution in [2.45, 2.75) is 25.6 Å². The maximum absolute atomic E-state index is 12.2. The monoisotopic (exact) mass is 245 g/mol. The van der Waals surface area contributed by atoms with Crippen LogP contribution in [0.2, 0.25) is 0 Å². The molecule has 1 fully saturated rings. The fourth-order valence-corrected chi connectivity index (χ4v) is 2.18. The summed E-state index contributed by atoms with van der Waals surface area (Å²) in [6, 6.07) is 9.36. The third kappa shape index (κ3) is 2.11. The second-order valence-electron chi connectivity index (χ2n) is 4.44. The van der Waals surface area contributed by atoms with Gasteiger partial charge in [-0.3, -0.25) is 4.79 Å². The van der Waals surface area contributed by atoms with Gasteiger partial charge in [0.05, 0.1) is 12.0 Å². The van der Waals surface area contributed by atoms with E-state index in [1.807, 2.05) is 24.3 Å². The van der Waals surface area contributed by atoms with E-state index in [1.165, 1.54) is 4.73 Å². The van der Waals surface area contributed by atoms with Crippen LogP contribution in [0.5, 0.6) is 0 Å². The van der Waals surface area contributed by atoms with E-state index < -0.39 is 0 Å². The van der Waals surface area contributed by atoms with Gasteiger partial charge >= 0.3 is 0 Å². The number of aromatic nitrogens is 1. The summed E-state index contributed by atoms with van der Waals surface area (Å²) in [6.07, 6.45) is 4.32. The Balaban J connectivity index is 1.92. The van der Waals surface area contributed by atoms with Gasteiger partial charge in [0.1, 0.15) is 0 Å². The van der Waals surface area contributed by atoms with E-state index >= 15 is 0 Å². The number of benzene rings is 1. The van der Waals surface area contributed by atoms with Crippen molar-refractivity contribution in [1.82, 2.24) is 4.73 Å². The first-order valence-electron chi connectivity index (χ1n) is 6.24. The molecule has 0 saturated carbocycles. The molecule has 1 aromatic heterocycles. The molecular formula is C14H15NO3. The van der Waals surface area contributed by atoms with Crippen LogP contribution in [-0.4, -0.2) is 17.6 Å². The molecule has 1 aliphatic rings. The molecule has 1 aromatic carbocycles. The molecule has 0 N–H and O–H groups in total. The van der Waals surface area contributed by atoms with E-state index in [0.29, 0.717) is 12.0 Å². The molecule has 0 bridgehead atoms. The van der Waals surface area contributed by atoms with E-state index in [9.17, 15) is 4.79 Å². The van der Waals surface area contributed by atoms with Crippen LogP contribution in [0, 0.1) is 0 Å². The molecule has 0 amide bonds. The van der Waals surface area contributed by atoms with Crippen molar-refractivity contribution in [3.8, 4) is 0 Å². The zero-order chi connectivity index (χ0) is 12.4. The Morgan fingerprint density at radius 1 is 1.22 bits per heavy atom. The molecule has 0 aliphatic carbocycles. The third-order valence-corrected chi connectivity index (χ3v) is 3.15. The Kier molecular flexibility index (Phi) is 3.02. The summed E-state index contributed by atoms with van der Waals surface area (Å²) in [6.45, 7) is 0.701. The largest absolute Gasteiger partial charge is 0.379 e. The van der Waals surface area contributed by atoms with Gasteiger partial charge < -0.3 is 9.57 Å². The first-order chi connectivity index (χ1) is 8.84. The predicted octanol–water partition coefficient (Wildman–Crippen LogP) is 1.96. The van der Waals surface area contributed by atoms with Crippen LogP contribution in [0.15, 0.2) is 41.3 Å². The van der Waals surface area contributed by atoms with Crippen LogP contribution < -0.4 is 10.4 Å². The molecule has 1 atom stereocenters. The van der Waals surface area contributed by atoms with Crippen LogP contribution in [-0.2, 0) is 4.74 Å². The lowest BCUT2D eigenvalue weighted by Crippen LogP contribution is -2.36. The van der Waals surface area contributed by atoms with Crippen molar-refractivity contribution in [3.05, 3.63) is 46.9 Å². The highest BCUT2D eigenvalue weighted by Crippen LogP contribution is 2.12. The minimum atomic E-state index is -0.308. The molecule has 3 rings (SSSR count). The standard InChI is InChI=1S/C14H15NO3/c16-14-12-6-2-1-5-11(12)8-9-15(14)18-13-7-3-4-10-17-13/h1-2,5-6,8-9,13H,3-4,7,10H2. The molecule has 4 heteroatoms. The Bertz CT molecular complexity index is 599. The number of rotatable bonds is 2. The highest BCUT2D eigenvalue weighted by atomic mass is 16.8. The molecule has 1 saturated heterocycles. The average Bonchev–Trinajstić information content (AvgIpc) is 2.43. The van der Waals surface area contributed by atoms with Crippen molar-refractivity contribution < 1.29 is 9.57 Å². The molecule has 4 nitrogen and oxygen atoms in total. The lowest BCUT2D eigenvalue weighted by molar-refractivity contribution is -0.166. The Morgan fingerprint density at radius 3 is 2.94 bits per heavy atom. The third-order valence-electron chi connectivity index (χ3n) is 3.15. The normalized spacial score (nSPS) is 19.9. The van der Waals surface area contributed by atoms with Gasteiger partial charge in [-0.15, -0.1) is 4.73 Å². The zero-order valence-electron chi connectivity index (χ0n) is 10.0. The first-order valence-corrected chi connectivity index (χ1v) is 6.24. The number of ether oxygens (including phenoxy) is 1. The average molecular weight is 245 g/mol. The van der Waals surface area contributed by atoms with Gasteiger partial charge in [0, 0.05) is 12.6 Å². The summed E-state index contributed by atoms with van der Waals surface area (Å²) in [5.41, 5.74) is -0.137. The van der Waals surface area contributed by atoms with Gasteiger partial charge in [0.2, 0.25) is 6.29 Å². The van der Waals surface area contributed by atoms with E-state index in [2.05, 4.69) is 0 Å². The van der Waals surface area contributed by atoms with Crippen LogP contribution in [0.1, 0.15) is 19.3 Å². The van der Waals surface area contributed by atoms with E-state index in [-0.39, 0.29) is 11.8 Å². The van der Waals surface area contributed by atoms with Crippen molar-refractivity contribution in [3.63, 3.8) is 0 Å². The van der Waals surface area contributed by atoms with E-state index in [1.54, 1.807) is 12.3 Å². The lowest BCUT2D eigenvalue weighted by atomic mass is 10.2. The maximum atomic E-state index is 12.2. The van der Waals surface area contributed by atoms with Crippen molar-refractivity contribution in [1.29, 1.82) is 0 Å². The highest BCUT2D eigenvalue weighted by Gasteiger charge is 2.16. The van der Waals surface area contributed by atoms with E-state index in [4.69, 9.17) is 9.57 Å². The molecule has 0 radical (unpaired) electrons. The summed E-state index contributed by atoms with van der Waals surface area (Å²) in [5.74, 6) is 0. The van der Waals surface area contributed by atoms with Crippen LogP contribution >= 0.6 is 0 Å². The van der Waals surface area contributed by atoms with Crippen molar-refractivity contribution in [2.24, 2.45) is 0 Å². The van der Waals surface area contributed by atoms with Gasteiger partial charge in [0.15, 0.2) is 0 Å². The van der Waals surface area contributed by atoms with Crippen LogP contribution in [0.3, 0.4) is 0 Å². The highest BCUT2D eigenvalue weighted by molar-refractivity contribution is 5.81. The van der Waals surface area contributed by atoms with Gasteiger partial charge in [-0.25, -0.2) is 0 Å². The number of hydrogen-bond acceptors (Lipinski definition) is 3. The zero-order valence-corrected chi connectivity index (χ0v) is 10.0. The van der Waals surface area contributed by atoms with Crippen molar-refractivity contribution in [2.75, 3.05) is 6.61 Å². The minimum Gasteiger partial charge on any atom is -0.379 e. The first kappa shape index (κ1) is 11.3. The predicted molar refractivity (Wildman–Crippen MR) is 68.4 cm³/mol. The minimum absolute atomic E-state index is 0.137. The summed E-state index contributed by atoms with van der Waals surface area (Å²) in [4.78, 5) is 17.8. The molecule has 2 aromatic rings. The topological polar surface area (TPSA) is 40.5 Å². The molecular weight excluding hydrogens is 230 g/mol. The molecule has 2 heterocycles. The molecule has 94 valence electrons. The fraction of sp³-hybridized carbons (Fsp3) is 0.357. The summed E-state index contributed by atoms with van der Waals surface area (Å²) in [5, 5.41) is 1.59. The number of pyridine rings is 1. The van der Waals surface area contributed by atoms with Gasteiger partial charge in [0.25, 0.3) is 5.56 Å². The SMILES string of the molecule is O=c1c2ccccc2ccn1OC1CCCCO1. The van der Waals surface area contributed by atoms with Gasteiger partial charge in [-0.2, -0.15) is 0 Å². The quantitative estimate of drug-likeness (QED) is 0.812. The summed E-state index contributed by atoms with van der Waals surface area (Å²) >= 11 is 0. The second-order valence-corrected chi connectivity index (χ2v) is 4.44. The molecule has 1 unspecified atom stereocenters. The van der Waals surface area contributed by atoms with Gasteiger partial charge in [-0.1, -0.05) is 18.2 Å². The molecule has 0 spiro atoms. The van der Waals surface area contributed by atoms with E-state index in [0.717, 1.165) is 24.6 Å². The number of fused-ring (bicyclic) bond motifs is 1.